The summed E-state index contributed by atoms with van der Waals surface area (Å²) in [5.74, 6) is 0.952. The molecule has 2 N–H and O–H groups in total. The zero-order chi connectivity index (χ0) is 19.6. The Morgan fingerprint density at radius 3 is 2.79 bits per heavy atom. The Labute approximate surface area is 163 Å². The first-order valence-electron chi connectivity index (χ1n) is 9.30. The first-order chi connectivity index (χ1) is 13.7. The Hall–Kier alpha value is -3.12. The average Bonchev–Trinajstić information content (AvgIpc) is 3.11. The number of carbonyl (C=O) groups excluding carboxylic acids is 1. The summed E-state index contributed by atoms with van der Waals surface area (Å²) in [6, 6.07) is 15.0. The van der Waals surface area contributed by atoms with E-state index in [2.05, 4.69) is 11.9 Å². The van der Waals surface area contributed by atoms with Crippen molar-refractivity contribution in [2.75, 3.05) is 18.5 Å². The normalized spacial score (nSPS) is 22.4. The van der Waals surface area contributed by atoms with Crippen LogP contribution in [0.4, 0.5) is 5.69 Å². The Bertz CT molecular complexity index is 922. The van der Waals surface area contributed by atoms with Gasteiger partial charge in [0.15, 0.2) is 11.6 Å². The van der Waals surface area contributed by atoms with Gasteiger partial charge in [-0.25, -0.2) is 4.99 Å². The number of carbonyl (C=O) groups is 1. The zero-order valence-corrected chi connectivity index (χ0v) is 15.4. The van der Waals surface area contributed by atoms with E-state index in [0.717, 1.165) is 16.8 Å². The van der Waals surface area contributed by atoms with Gasteiger partial charge < -0.3 is 19.9 Å². The largest absolute Gasteiger partial charge is 0.494 e. The molecule has 144 valence electrons. The molecule has 1 amide bonds. The third kappa shape index (κ3) is 3.05. The summed E-state index contributed by atoms with van der Waals surface area (Å²) in [5.41, 5.74) is 1.38. The lowest BCUT2D eigenvalue weighted by Crippen LogP contribution is -2.47. The molecule has 0 radical (unpaired) electrons. The van der Waals surface area contributed by atoms with Crippen LogP contribution in [0.2, 0.25) is 0 Å². The van der Waals surface area contributed by atoms with Crippen LogP contribution in [0.3, 0.4) is 0 Å². The van der Waals surface area contributed by atoms with Crippen LogP contribution in [0.1, 0.15) is 30.1 Å². The number of nitrogens with one attached hydrogen (secondary N) is 1. The van der Waals surface area contributed by atoms with E-state index in [1.54, 1.807) is 6.08 Å². The number of benzene rings is 2. The molecule has 2 atom stereocenters. The van der Waals surface area contributed by atoms with Gasteiger partial charge in [-0.05, 0) is 30.3 Å². The minimum absolute atomic E-state index is 0.0963. The molecule has 28 heavy (non-hydrogen) atoms. The number of aliphatic hydroxyl groups is 1. The summed E-state index contributed by atoms with van der Waals surface area (Å²) in [5, 5.41) is 11.8. The molecule has 2 aromatic carbocycles. The average molecular weight is 378 g/mol. The smallest absolute Gasteiger partial charge is 0.257 e. The summed E-state index contributed by atoms with van der Waals surface area (Å²) in [4.78, 5) is 17.7. The predicted molar refractivity (Wildman–Crippen MR) is 107 cm³/mol. The number of hydrogen-bond donors (Lipinski definition) is 2. The minimum atomic E-state index is -1.05. The first kappa shape index (κ1) is 18.3. The molecule has 0 bridgehead atoms. The fraction of sp³-hybridized carbons (Fsp3) is 0.273. The van der Waals surface area contributed by atoms with Crippen molar-refractivity contribution >= 4 is 17.5 Å². The third-order valence-corrected chi connectivity index (χ3v) is 4.98. The lowest BCUT2D eigenvalue weighted by molar-refractivity contribution is -0.124. The van der Waals surface area contributed by atoms with Gasteiger partial charge in [-0.1, -0.05) is 24.3 Å². The van der Waals surface area contributed by atoms with Crippen LogP contribution in [-0.4, -0.2) is 35.7 Å². The standard InChI is InChI=1S/C22H22N2O4/c1-2-12-22-19(17-6-3-4-7-18(17)23-21(22)26)28-20(24-22)15-8-10-16(11-9-15)27-14-5-13-25/h2-4,6-11,19,25H,1,5,12-14H2,(H,23,26)/t19-,22-/m0/s1. The van der Waals surface area contributed by atoms with Crippen LogP contribution in [0.25, 0.3) is 0 Å². The summed E-state index contributed by atoms with van der Waals surface area (Å²) in [7, 11) is 0. The van der Waals surface area contributed by atoms with Crippen molar-refractivity contribution in [1.82, 2.24) is 0 Å². The van der Waals surface area contributed by atoms with Crippen LogP contribution < -0.4 is 10.1 Å². The Morgan fingerprint density at radius 2 is 2.04 bits per heavy atom. The van der Waals surface area contributed by atoms with Gasteiger partial charge in [-0.15, -0.1) is 6.58 Å². The molecule has 0 saturated carbocycles. The molecule has 2 heterocycles. The summed E-state index contributed by atoms with van der Waals surface area (Å²) < 4.78 is 11.8. The Kier molecular flexibility index (Phi) is 4.88. The number of fused-ring (bicyclic) bond motifs is 3. The first-order valence-corrected chi connectivity index (χ1v) is 9.30. The highest BCUT2D eigenvalue weighted by Gasteiger charge is 2.55. The molecule has 6 heteroatoms. The van der Waals surface area contributed by atoms with E-state index in [-0.39, 0.29) is 12.5 Å². The lowest BCUT2D eigenvalue weighted by Gasteiger charge is -2.35. The van der Waals surface area contributed by atoms with E-state index in [4.69, 9.17) is 19.6 Å². The zero-order valence-electron chi connectivity index (χ0n) is 15.4. The number of para-hydroxylation sites is 1. The Balaban J connectivity index is 1.65. The fourth-order valence-electron chi connectivity index (χ4n) is 3.58. The van der Waals surface area contributed by atoms with E-state index in [1.165, 1.54) is 0 Å². The number of ether oxygens (including phenoxy) is 2. The third-order valence-electron chi connectivity index (χ3n) is 4.98. The van der Waals surface area contributed by atoms with Gasteiger partial charge >= 0.3 is 0 Å². The second-order valence-corrected chi connectivity index (χ2v) is 6.82. The van der Waals surface area contributed by atoms with Crippen LogP contribution in [0.5, 0.6) is 5.75 Å². The van der Waals surface area contributed by atoms with Crippen molar-refractivity contribution < 1.29 is 19.4 Å². The summed E-state index contributed by atoms with van der Waals surface area (Å²) in [6.07, 6.45) is 2.17. The minimum Gasteiger partial charge on any atom is -0.494 e. The molecular formula is C22H22N2O4. The molecule has 0 fully saturated rings. The molecule has 0 aliphatic carbocycles. The van der Waals surface area contributed by atoms with Crippen molar-refractivity contribution in [2.24, 2.45) is 4.99 Å². The van der Waals surface area contributed by atoms with E-state index in [0.29, 0.717) is 31.1 Å². The number of aliphatic imine (C=N–C) groups is 1. The molecule has 0 unspecified atom stereocenters. The highest BCUT2D eigenvalue weighted by Crippen LogP contribution is 2.48. The maximum Gasteiger partial charge on any atom is 0.257 e. The van der Waals surface area contributed by atoms with E-state index < -0.39 is 11.6 Å². The number of hydrogen-bond acceptors (Lipinski definition) is 5. The number of rotatable bonds is 7. The number of aliphatic hydroxyl groups excluding tert-OH is 1. The Morgan fingerprint density at radius 1 is 1.25 bits per heavy atom. The highest BCUT2D eigenvalue weighted by molar-refractivity contribution is 6.07. The van der Waals surface area contributed by atoms with Crippen molar-refractivity contribution in [2.45, 2.75) is 24.5 Å². The number of anilines is 1. The number of nitrogens with zero attached hydrogens (tertiary/aromatic N) is 1. The molecule has 0 spiro atoms. The number of amides is 1. The van der Waals surface area contributed by atoms with Crippen LogP contribution in [-0.2, 0) is 9.53 Å². The molecule has 2 aromatic rings. The lowest BCUT2D eigenvalue weighted by atomic mass is 9.81. The molecule has 0 aromatic heterocycles. The van der Waals surface area contributed by atoms with Crippen LogP contribution in [0, 0.1) is 0 Å². The molecular weight excluding hydrogens is 356 g/mol. The van der Waals surface area contributed by atoms with E-state index >= 15 is 0 Å². The van der Waals surface area contributed by atoms with Crippen molar-refractivity contribution in [1.29, 1.82) is 0 Å². The highest BCUT2D eigenvalue weighted by atomic mass is 16.5. The topological polar surface area (TPSA) is 80.2 Å². The summed E-state index contributed by atoms with van der Waals surface area (Å²) in [6.45, 7) is 4.36. The monoisotopic (exact) mass is 378 g/mol. The predicted octanol–water partition coefficient (Wildman–Crippen LogP) is 3.23. The fourth-order valence-corrected chi connectivity index (χ4v) is 3.58. The van der Waals surface area contributed by atoms with Gasteiger partial charge in [-0.3, -0.25) is 4.79 Å². The van der Waals surface area contributed by atoms with E-state index in [9.17, 15) is 4.79 Å². The van der Waals surface area contributed by atoms with Gasteiger partial charge in [0.25, 0.3) is 5.91 Å². The van der Waals surface area contributed by atoms with E-state index in [1.807, 2.05) is 48.5 Å². The van der Waals surface area contributed by atoms with Crippen molar-refractivity contribution in [3.8, 4) is 5.75 Å². The van der Waals surface area contributed by atoms with Crippen molar-refractivity contribution in [3.63, 3.8) is 0 Å². The molecule has 6 nitrogen and oxygen atoms in total. The molecule has 0 saturated heterocycles. The molecule has 2 aliphatic heterocycles. The molecule has 2 aliphatic rings. The van der Waals surface area contributed by atoms with Gasteiger partial charge in [-0.2, -0.15) is 0 Å². The van der Waals surface area contributed by atoms with Gasteiger partial charge in [0.05, 0.1) is 6.61 Å². The van der Waals surface area contributed by atoms with Gasteiger partial charge in [0.2, 0.25) is 5.90 Å². The van der Waals surface area contributed by atoms with Gasteiger partial charge in [0.1, 0.15) is 5.75 Å². The van der Waals surface area contributed by atoms with Crippen molar-refractivity contribution in [3.05, 3.63) is 72.3 Å². The maximum absolute atomic E-state index is 12.9. The second-order valence-electron chi connectivity index (χ2n) is 6.82. The molecule has 4 rings (SSSR count). The quantitative estimate of drug-likeness (QED) is 0.573. The van der Waals surface area contributed by atoms with Crippen LogP contribution >= 0.6 is 0 Å². The second kappa shape index (κ2) is 7.48. The summed E-state index contributed by atoms with van der Waals surface area (Å²) >= 11 is 0. The SMILES string of the molecule is C=CC[C@]12N=C(c3ccc(OCCCO)cc3)O[C@H]1c1ccccc1NC2=O. The van der Waals surface area contributed by atoms with Gasteiger partial charge in [0, 0.05) is 36.3 Å². The maximum atomic E-state index is 12.9. The van der Waals surface area contributed by atoms with Crippen LogP contribution in [0.15, 0.2) is 66.2 Å².